The average Bonchev–Trinajstić information content (AvgIpc) is 2.92. The fourth-order valence-electron chi connectivity index (χ4n) is 3.48. The minimum absolute atomic E-state index is 0.0110. The molecule has 136 valence electrons. The van der Waals surface area contributed by atoms with Gasteiger partial charge in [0, 0.05) is 19.5 Å². The molecule has 2 aliphatic rings. The quantitative estimate of drug-likeness (QED) is 0.861. The van der Waals surface area contributed by atoms with Crippen LogP contribution >= 0.6 is 0 Å². The highest BCUT2D eigenvalue weighted by atomic mass is 32.2. The zero-order valence-electron chi connectivity index (χ0n) is 13.8. The van der Waals surface area contributed by atoms with E-state index in [2.05, 4.69) is 5.32 Å². The van der Waals surface area contributed by atoms with Gasteiger partial charge in [-0.3, -0.25) is 9.59 Å². The van der Waals surface area contributed by atoms with E-state index in [1.807, 2.05) is 0 Å². The monoisotopic (exact) mass is 368 g/mol. The molecule has 25 heavy (non-hydrogen) atoms. The van der Waals surface area contributed by atoms with Crippen LogP contribution in [-0.4, -0.2) is 49.7 Å². The van der Waals surface area contributed by atoms with Crippen LogP contribution in [0.2, 0.25) is 0 Å². The summed E-state index contributed by atoms with van der Waals surface area (Å²) in [6, 6.07) is 4.78. The summed E-state index contributed by atoms with van der Waals surface area (Å²) in [5.41, 5.74) is 0.565. The molecule has 1 aromatic rings. The van der Waals surface area contributed by atoms with E-state index in [1.54, 1.807) is 0 Å². The summed E-state index contributed by atoms with van der Waals surface area (Å²) in [7, 11) is -2.96. The third-order valence-electron chi connectivity index (χ3n) is 4.81. The second-order valence-corrected chi connectivity index (χ2v) is 8.87. The summed E-state index contributed by atoms with van der Waals surface area (Å²) < 4.78 is 36.2. The van der Waals surface area contributed by atoms with Crippen molar-refractivity contribution >= 4 is 21.7 Å². The van der Waals surface area contributed by atoms with Crippen LogP contribution in [0.5, 0.6) is 0 Å². The summed E-state index contributed by atoms with van der Waals surface area (Å²) in [5, 5.41) is 2.73. The summed E-state index contributed by atoms with van der Waals surface area (Å²) in [4.78, 5) is 26.4. The third-order valence-corrected chi connectivity index (χ3v) is 6.65. The highest BCUT2D eigenvalue weighted by Crippen LogP contribution is 2.27. The van der Waals surface area contributed by atoms with Gasteiger partial charge in [-0.1, -0.05) is 12.1 Å². The third kappa shape index (κ3) is 4.18. The second-order valence-electron chi connectivity index (χ2n) is 6.64. The molecule has 0 bridgehead atoms. The number of halogens is 1. The summed E-state index contributed by atoms with van der Waals surface area (Å²) in [6.07, 6.45) is 1.31. The van der Waals surface area contributed by atoms with Gasteiger partial charge in [-0.2, -0.15) is 0 Å². The summed E-state index contributed by atoms with van der Waals surface area (Å²) >= 11 is 0. The molecule has 3 rings (SSSR count). The minimum Gasteiger partial charge on any atom is -0.352 e. The molecule has 1 N–H and O–H groups in total. The van der Waals surface area contributed by atoms with Crippen LogP contribution in [0.3, 0.4) is 0 Å². The number of hydrogen-bond acceptors (Lipinski definition) is 4. The number of sulfone groups is 1. The number of hydrogen-bond donors (Lipinski definition) is 1. The van der Waals surface area contributed by atoms with Gasteiger partial charge in [-0.05, 0) is 36.5 Å². The Hall–Kier alpha value is -1.96. The molecule has 6 nitrogen and oxygen atoms in total. The minimum atomic E-state index is -2.96. The van der Waals surface area contributed by atoms with Gasteiger partial charge >= 0.3 is 0 Å². The molecule has 2 saturated heterocycles. The van der Waals surface area contributed by atoms with Crippen LogP contribution in [0.1, 0.15) is 30.9 Å². The number of nitrogens with one attached hydrogen (secondary N) is 1. The van der Waals surface area contributed by atoms with E-state index in [0.717, 1.165) is 0 Å². The molecule has 0 radical (unpaired) electrons. The van der Waals surface area contributed by atoms with Crippen LogP contribution in [-0.2, 0) is 19.4 Å². The molecule has 0 aromatic heterocycles. The first-order valence-corrected chi connectivity index (χ1v) is 10.2. The van der Waals surface area contributed by atoms with Crippen molar-refractivity contribution in [1.29, 1.82) is 0 Å². The zero-order valence-corrected chi connectivity index (χ0v) is 14.6. The van der Waals surface area contributed by atoms with E-state index in [1.165, 1.54) is 29.2 Å². The predicted molar refractivity (Wildman–Crippen MR) is 89.9 cm³/mol. The van der Waals surface area contributed by atoms with Crippen molar-refractivity contribution in [2.24, 2.45) is 5.92 Å². The summed E-state index contributed by atoms with van der Waals surface area (Å²) in [6.45, 7) is 0.760. The maximum Gasteiger partial charge on any atom is 0.247 e. The van der Waals surface area contributed by atoms with Crippen molar-refractivity contribution in [1.82, 2.24) is 10.2 Å². The molecule has 2 aliphatic heterocycles. The first-order valence-electron chi connectivity index (χ1n) is 8.39. The Balaban J connectivity index is 1.68. The molecular weight excluding hydrogens is 347 g/mol. The van der Waals surface area contributed by atoms with E-state index in [9.17, 15) is 22.4 Å². The van der Waals surface area contributed by atoms with Crippen molar-refractivity contribution in [3.63, 3.8) is 0 Å². The Bertz CT molecular complexity index is 763. The Labute approximate surface area is 146 Å². The molecule has 0 aliphatic carbocycles. The lowest BCUT2D eigenvalue weighted by Gasteiger charge is -2.35. The van der Waals surface area contributed by atoms with E-state index >= 15 is 0 Å². The molecule has 2 fully saturated rings. The number of benzene rings is 1. The maximum atomic E-state index is 13.1. The van der Waals surface area contributed by atoms with Gasteiger partial charge in [0.25, 0.3) is 0 Å². The fraction of sp³-hybridized carbons (Fsp3) is 0.529. The molecule has 0 saturated carbocycles. The van der Waals surface area contributed by atoms with E-state index < -0.39 is 21.7 Å². The molecular formula is C17H21FN2O4S. The first kappa shape index (κ1) is 17.8. The van der Waals surface area contributed by atoms with Crippen molar-refractivity contribution < 1.29 is 22.4 Å². The molecule has 0 spiro atoms. The van der Waals surface area contributed by atoms with Crippen LogP contribution < -0.4 is 5.32 Å². The van der Waals surface area contributed by atoms with Crippen LogP contribution in [0.15, 0.2) is 24.3 Å². The van der Waals surface area contributed by atoms with E-state index in [4.69, 9.17) is 0 Å². The van der Waals surface area contributed by atoms with E-state index in [0.29, 0.717) is 31.5 Å². The Morgan fingerprint density at radius 2 is 2.00 bits per heavy atom. The Kier molecular flexibility index (Phi) is 5.08. The van der Waals surface area contributed by atoms with Gasteiger partial charge in [0.2, 0.25) is 11.8 Å². The zero-order chi connectivity index (χ0) is 18.0. The Morgan fingerprint density at radius 3 is 2.64 bits per heavy atom. The second kappa shape index (κ2) is 7.11. The summed E-state index contributed by atoms with van der Waals surface area (Å²) in [5.74, 6) is -0.515. The normalized spacial score (nSPS) is 25.6. The fourth-order valence-corrected chi connectivity index (χ4v) is 5.39. The maximum absolute atomic E-state index is 13.1. The molecule has 1 aromatic carbocycles. The van der Waals surface area contributed by atoms with Gasteiger partial charge in [-0.15, -0.1) is 0 Å². The van der Waals surface area contributed by atoms with Gasteiger partial charge in [0.1, 0.15) is 11.9 Å². The lowest BCUT2D eigenvalue weighted by atomic mass is 9.99. The standard InChI is InChI=1S/C17H21FN2O4S/c18-14-4-2-13(3-5-14)16-17(22)19-8-9-20(16)15(21)6-1-12-7-10-25(23,24)11-12/h2-5,12,16H,1,6-11H2,(H,19,22). The Morgan fingerprint density at radius 1 is 1.28 bits per heavy atom. The molecule has 8 heteroatoms. The van der Waals surface area contributed by atoms with Gasteiger partial charge < -0.3 is 10.2 Å². The van der Waals surface area contributed by atoms with Crippen LogP contribution in [0.25, 0.3) is 0 Å². The smallest absolute Gasteiger partial charge is 0.247 e. The van der Waals surface area contributed by atoms with Crippen LogP contribution in [0, 0.1) is 11.7 Å². The highest BCUT2D eigenvalue weighted by molar-refractivity contribution is 7.91. The van der Waals surface area contributed by atoms with Crippen molar-refractivity contribution in [2.45, 2.75) is 25.3 Å². The average molecular weight is 368 g/mol. The first-order chi connectivity index (χ1) is 11.9. The van der Waals surface area contributed by atoms with Gasteiger partial charge in [0.15, 0.2) is 9.84 Å². The largest absolute Gasteiger partial charge is 0.352 e. The van der Waals surface area contributed by atoms with E-state index in [-0.39, 0.29) is 35.7 Å². The molecule has 2 unspecified atom stereocenters. The number of carbonyl (C=O) groups excluding carboxylic acids is 2. The number of carbonyl (C=O) groups is 2. The SMILES string of the molecule is O=C1NCCN(C(=O)CCC2CCS(=O)(=O)C2)C1c1ccc(F)cc1. The topological polar surface area (TPSA) is 83.6 Å². The predicted octanol–water partition coefficient (Wildman–Crippen LogP) is 1.04. The van der Waals surface area contributed by atoms with Crippen LogP contribution in [0.4, 0.5) is 4.39 Å². The van der Waals surface area contributed by atoms with Gasteiger partial charge in [-0.25, -0.2) is 12.8 Å². The highest BCUT2D eigenvalue weighted by Gasteiger charge is 2.35. The van der Waals surface area contributed by atoms with Crippen molar-refractivity contribution in [3.8, 4) is 0 Å². The molecule has 2 amide bonds. The van der Waals surface area contributed by atoms with Crippen molar-refractivity contribution in [3.05, 3.63) is 35.6 Å². The molecule has 2 heterocycles. The van der Waals surface area contributed by atoms with Gasteiger partial charge in [0.05, 0.1) is 11.5 Å². The number of nitrogens with zero attached hydrogens (tertiary/aromatic N) is 1. The van der Waals surface area contributed by atoms with Crippen molar-refractivity contribution in [2.75, 3.05) is 24.6 Å². The number of rotatable bonds is 4. The lowest BCUT2D eigenvalue weighted by Crippen LogP contribution is -2.52. The number of piperazine rings is 1. The molecule has 2 atom stereocenters. The number of amides is 2. The lowest BCUT2D eigenvalue weighted by molar-refractivity contribution is -0.143.